The summed E-state index contributed by atoms with van der Waals surface area (Å²) >= 11 is 0.923. The van der Waals surface area contributed by atoms with Crippen molar-refractivity contribution in [1.82, 2.24) is 5.32 Å². The van der Waals surface area contributed by atoms with E-state index in [0.717, 1.165) is 11.8 Å². The van der Waals surface area contributed by atoms with E-state index in [1.54, 1.807) is 0 Å². The third-order valence-corrected chi connectivity index (χ3v) is 1.60. The van der Waals surface area contributed by atoms with E-state index in [1.807, 2.05) is 0 Å². The molecule has 0 aromatic rings. The van der Waals surface area contributed by atoms with Gasteiger partial charge in [-0.2, -0.15) is 0 Å². The van der Waals surface area contributed by atoms with Gasteiger partial charge < -0.3 is 10.1 Å². The highest BCUT2D eigenvalue weighted by Crippen LogP contribution is 1.98. The van der Waals surface area contributed by atoms with Crippen molar-refractivity contribution in [2.45, 2.75) is 6.92 Å². The first-order chi connectivity index (χ1) is 5.16. The minimum absolute atomic E-state index is 0.0112. The van der Waals surface area contributed by atoms with Gasteiger partial charge >= 0.3 is 0 Å². The predicted octanol–water partition coefficient (Wildman–Crippen LogP) is -0.419. The maximum atomic E-state index is 10.7. The van der Waals surface area contributed by atoms with Crippen molar-refractivity contribution < 1.29 is 14.4 Å². The second-order valence-corrected chi connectivity index (χ2v) is 2.90. The van der Waals surface area contributed by atoms with Crippen LogP contribution in [0.15, 0.2) is 0 Å². The Bertz CT molecular complexity index is 169. The summed E-state index contributed by atoms with van der Waals surface area (Å²) in [6.07, 6.45) is 0.594. The first kappa shape index (κ1) is 10.2. The first-order valence-electron chi connectivity index (χ1n) is 3.00. The minimum Gasteiger partial charge on any atom is -0.349 e. The van der Waals surface area contributed by atoms with Gasteiger partial charge in [-0.3, -0.25) is 9.59 Å². The molecule has 5 heteroatoms. The van der Waals surface area contributed by atoms with Gasteiger partial charge in [0.2, 0.25) is 5.91 Å². The van der Waals surface area contributed by atoms with Gasteiger partial charge in [-0.15, -0.1) is 0 Å². The molecule has 62 valence electrons. The van der Waals surface area contributed by atoms with Crippen LogP contribution in [0.4, 0.5) is 0 Å². The Balaban J connectivity index is 3.37. The highest BCUT2D eigenvalue weighted by molar-refractivity contribution is 8.14. The van der Waals surface area contributed by atoms with E-state index in [1.165, 1.54) is 6.92 Å². The van der Waals surface area contributed by atoms with Crippen LogP contribution in [0, 0.1) is 0 Å². The van der Waals surface area contributed by atoms with Crippen LogP contribution in [-0.4, -0.2) is 29.6 Å². The number of hydrogen-bond acceptors (Lipinski definition) is 4. The summed E-state index contributed by atoms with van der Waals surface area (Å²) < 4.78 is 0. The van der Waals surface area contributed by atoms with Crippen molar-refractivity contribution in [2.24, 2.45) is 0 Å². The SMILES string of the molecule is CC(=O)SCC(=O)NCC=O. The molecule has 0 fully saturated rings. The van der Waals surface area contributed by atoms with Gasteiger partial charge in [0.05, 0.1) is 12.3 Å². The average molecular weight is 175 g/mol. The molecule has 1 amide bonds. The quantitative estimate of drug-likeness (QED) is 0.589. The van der Waals surface area contributed by atoms with E-state index in [2.05, 4.69) is 5.32 Å². The summed E-state index contributed by atoms with van der Waals surface area (Å²) in [6.45, 7) is 1.40. The summed E-state index contributed by atoms with van der Waals surface area (Å²) in [6, 6.07) is 0. The molecule has 0 aliphatic rings. The second kappa shape index (κ2) is 5.91. The Morgan fingerprint density at radius 1 is 1.55 bits per heavy atom. The molecule has 0 aromatic heterocycles. The largest absolute Gasteiger partial charge is 0.349 e. The molecule has 0 aliphatic heterocycles. The zero-order valence-electron chi connectivity index (χ0n) is 6.12. The van der Waals surface area contributed by atoms with Crippen LogP contribution >= 0.6 is 11.8 Å². The molecule has 0 rings (SSSR count). The Labute approximate surface area is 68.7 Å². The average Bonchev–Trinajstić information content (AvgIpc) is 1.97. The third-order valence-electron chi connectivity index (χ3n) is 0.789. The van der Waals surface area contributed by atoms with Crippen molar-refractivity contribution in [3.63, 3.8) is 0 Å². The van der Waals surface area contributed by atoms with Crippen molar-refractivity contribution in [2.75, 3.05) is 12.3 Å². The molecular formula is C6H9NO3S. The Kier molecular flexibility index (Phi) is 5.46. The molecule has 1 N–H and O–H groups in total. The van der Waals surface area contributed by atoms with Gasteiger partial charge in [-0.25, -0.2) is 0 Å². The molecule has 0 spiro atoms. The zero-order chi connectivity index (χ0) is 8.69. The minimum atomic E-state index is -0.294. The smallest absolute Gasteiger partial charge is 0.230 e. The van der Waals surface area contributed by atoms with Gasteiger partial charge in [0, 0.05) is 6.92 Å². The Hall–Kier alpha value is -0.840. The second-order valence-electron chi connectivity index (χ2n) is 1.75. The molecule has 0 unspecified atom stereocenters. The normalized spacial score (nSPS) is 8.82. The summed E-state index contributed by atoms with van der Waals surface area (Å²) in [5, 5.41) is 2.20. The Morgan fingerprint density at radius 3 is 2.64 bits per heavy atom. The third kappa shape index (κ3) is 7.05. The van der Waals surface area contributed by atoms with E-state index >= 15 is 0 Å². The summed E-state index contributed by atoms with van der Waals surface area (Å²) in [7, 11) is 0. The van der Waals surface area contributed by atoms with E-state index in [4.69, 9.17) is 0 Å². The number of carbonyl (C=O) groups excluding carboxylic acids is 3. The summed E-state index contributed by atoms with van der Waals surface area (Å²) in [5.74, 6) is -0.208. The van der Waals surface area contributed by atoms with Gasteiger partial charge in [-0.1, -0.05) is 11.8 Å². The van der Waals surface area contributed by atoms with Gasteiger partial charge in [0.15, 0.2) is 5.12 Å². The predicted molar refractivity (Wildman–Crippen MR) is 42.2 cm³/mol. The lowest BCUT2D eigenvalue weighted by molar-refractivity contribution is -0.120. The molecule has 0 atom stereocenters. The lowest BCUT2D eigenvalue weighted by Gasteiger charge is -1.97. The zero-order valence-corrected chi connectivity index (χ0v) is 6.94. The maximum absolute atomic E-state index is 10.7. The number of carbonyl (C=O) groups is 3. The van der Waals surface area contributed by atoms with Crippen LogP contribution in [0.2, 0.25) is 0 Å². The van der Waals surface area contributed by atoms with Crippen molar-refractivity contribution in [1.29, 1.82) is 0 Å². The van der Waals surface area contributed by atoms with Crippen LogP contribution in [0.1, 0.15) is 6.92 Å². The van der Waals surface area contributed by atoms with Gasteiger partial charge in [0.25, 0.3) is 0 Å². The van der Waals surface area contributed by atoms with Gasteiger partial charge in [-0.05, 0) is 0 Å². The number of nitrogens with one attached hydrogen (secondary N) is 1. The van der Waals surface area contributed by atoms with E-state index in [9.17, 15) is 14.4 Å². The van der Waals surface area contributed by atoms with E-state index in [0.29, 0.717) is 6.29 Å². The highest BCUT2D eigenvalue weighted by Gasteiger charge is 2.01. The number of amides is 1. The van der Waals surface area contributed by atoms with E-state index in [-0.39, 0.29) is 23.3 Å². The molecule has 0 bridgehead atoms. The number of thioether (sulfide) groups is 1. The fraction of sp³-hybridized carbons (Fsp3) is 0.500. The van der Waals surface area contributed by atoms with E-state index < -0.39 is 0 Å². The number of aldehydes is 1. The monoisotopic (exact) mass is 175 g/mol. The fourth-order valence-electron chi connectivity index (χ4n) is 0.374. The molecule has 0 heterocycles. The van der Waals surface area contributed by atoms with Gasteiger partial charge in [0.1, 0.15) is 6.29 Å². The molecular weight excluding hydrogens is 166 g/mol. The summed E-state index contributed by atoms with van der Waals surface area (Å²) in [4.78, 5) is 30.8. The molecule has 0 aromatic carbocycles. The van der Waals surface area contributed by atoms with Crippen LogP contribution < -0.4 is 5.32 Å². The summed E-state index contributed by atoms with van der Waals surface area (Å²) in [5.41, 5.74) is 0. The topological polar surface area (TPSA) is 63.2 Å². The lowest BCUT2D eigenvalue weighted by Crippen LogP contribution is -2.27. The van der Waals surface area contributed by atoms with Crippen molar-refractivity contribution in [3.05, 3.63) is 0 Å². The first-order valence-corrected chi connectivity index (χ1v) is 3.99. The lowest BCUT2D eigenvalue weighted by atomic mass is 10.6. The molecule has 11 heavy (non-hydrogen) atoms. The van der Waals surface area contributed by atoms with Crippen molar-refractivity contribution >= 4 is 29.1 Å². The number of rotatable bonds is 4. The number of hydrogen-bond donors (Lipinski definition) is 1. The Morgan fingerprint density at radius 2 is 2.18 bits per heavy atom. The molecule has 0 aliphatic carbocycles. The van der Waals surface area contributed by atoms with Crippen molar-refractivity contribution in [3.8, 4) is 0 Å². The standard InChI is InChI=1S/C6H9NO3S/c1-5(9)11-4-6(10)7-2-3-8/h3H,2,4H2,1H3,(H,7,10). The molecule has 0 radical (unpaired) electrons. The van der Waals surface area contributed by atoms with Crippen LogP contribution in [0.3, 0.4) is 0 Å². The maximum Gasteiger partial charge on any atom is 0.230 e. The van der Waals surface area contributed by atoms with Crippen LogP contribution in [0.25, 0.3) is 0 Å². The molecule has 0 saturated carbocycles. The fourth-order valence-corrected chi connectivity index (χ4v) is 0.810. The van der Waals surface area contributed by atoms with Crippen LogP contribution in [0.5, 0.6) is 0 Å². The highest BCUT2D eigenvalue weighted by atomic mass is 32.2. The van der Waals surface area contributed by atoms with Crippen LogP contribution in [-0.2, 0) is 14.4 Å². The molecule has 4 nitrogen and oxygen atoms in total. The molecule has 0 saturated heterocycles.